The first-order valence-corrected chi connectivity index (χ1v) is 12.0. The number of rotatable bonds is 10. The van der Waals surface area contributed by atoms with Gasteiger partial charge in [-0.05, 0) is 18.1 Å². The highest BCUT2D eigenvalue weighted by molar-refractivity contribution is 6.04. The molecule has 0 radical (unpaired) electrons. The van der Waals surface area contributed by atoms with E-state index in [0.717, 1.165) is 63.1 Å². The number of carbonyl (C=O) groups excluding carboxylic acids is 1. The third kappa shape index (κ3) is 5.75. The predicted octanol–water partition coefficient (Wildman–Crippen LogP) is 3.77. The number of hydrogen-bond acceptors (Lipinski definition) is 4. The van der Waals surface area contributed by atoms with Gasteiger partial charge in [-0.3, -0.25) is 19.3 Å². The van der Waals surface area contributed by atoms with Gasteiger partial charge in [-0.25, -0.2) is 0 Å². The summed E-state index contributed by atoms with van der Waals surface area (Å²) in [6.07, 6.45) is 3.43. The van der Waals surface area contributed by atoms with Crippen LogP contribution < -0.4 is 5.32 Å². The van der Waals surface area contributed by atoms with Crippen molar-refractivity contribution in [2.45, 2.75) is 39.3 Å². The molecule has 32 heavy (non-hydrogen) atoms. The first kappa shape index (κ1) is 22.5. The van der Waals surface area contributed by atoms with Crippen LogP contribution in [-0.2, 0) is 13.1 Å². The number of aromatic nitrogens is 2. The van der Waals surface area contributed by atoms with E-state index >= 15 is 0 Å². The van der Waals surface area contributed by atoms with Gasteiger partial charge in [0.15, 0.2) is 5.69 Å². The average molecular weight is 434 g/mol. The summed E-state index contributed by atoms with van der Waals surface area (Å²) in [7, 11) is 0. The Hall–Kier alpha value is -2.70. The van der Waals surface area contributed by atoms with E-state index in [1.807, 2.05) is 22.9 Å². The molecular formula is C26H35N5O. The highest BCUT2D eigenvalue weighted by Gasteiger charge is 2.19. The lowest BCUT2D eigenvalue weighted by atomic mass is 10.2. The smallest absolute Gasteiger partial charge is 0.272 e. The van der Waals surface area contributed by atoms with Gasteiger partial charge in [0.1, 0.15) is 0 Å². The maximum atomic E-state index is 12.9. The predicted molar refractivity (Wildman–Crippen MR) is 130 cm³/mol. The summed E-state index contributed by atoms with van der Waals surface area (Å²) in [4.78, 5) is 17.8. The normalized spacial score (nSPS) is 15.3. The first-order chi connectivity index (χ1) is 15.7. The van der Waals surface area contributed by atoms with Crippen LogP contribution in [0.4, 0.5) is 0 Å². The quantitative estimate of drug-likeness (QED) is 0.495. The van der Waals surface area contributed by atoms with Gasteiger partial charge in [0.2, 0.25) is 0 Å². The zero-order valence-corrected chi connectivity index (χ0v) is 19.2. The molecule has 0 bridgehead atoms. The number of nitrogens with zero attached hydrogens (tertiary/aromatic N) is 4. The molecule has 1 saturated heterocycles. The fourth-order valence-electron chi connectivity index (χ4n) is 4.40. The van der Waals surface area contributed by atoms with Crippen molar-refractivity contribution in [1.29, 1.82) is 0 Å². The lowest BCUT2D eigenvalue weighted by Crippen LogP contribution is -2.48. The van der Waals surface area contributed by atoms with Crippen molar-refractivity contribution < 1.29 is 4.79 Å². The summed E-state index contributed by atoms with van der Waals surface area (Å²) < 4.78 is 1.99. The molecule has 1 aliphatic rings. The molecule has 6 nitrogen and oxygen atoms in total. The fraction of sp³-hybridized carbons (Fsp3) is 0.462. The van der Waals surface area contributed by atoms with E-state index in [-0.39, 0.29) is 5.91 Å². The second kappa shape index (κ2) is 11.2. The Balaban J connectivity index is 1.25. The van der Waals surface area contributed by atoms with Crippen molar-refractivity contribution in [3.8, 4) is 0 Å². The monoisotopic (exact) mass is 433 g/mol. The molecular weight excluding hydrogens is 398 g/mol. The van der Waals surface area contributed by atoms with E-state index in [1.54, 1.807) is 0 Å². The van der Waals surface area contributed by atoms with E-state index in [2.05, 4.69) is 63.5 Å². The number of fused-ring (bicyclic) bond motifs is 1. The summed E-state index contributed by atoms with van der Waals surface area (Å²) in [5.41, 5.74) is 2.96. The summed E-state index contributed by atoms with van der Waals surface area (Å²) in [6.45, 7) is 9.80. The Bertz CT molecular complexity index is 992. The topological polar surface area (TPSA) is 53.4 Å². The molecule has 4 rings (SSSR count). The summed E-state index contributed by atoms with van der Waals surface area (Å²) in [5.74, 6) is -0.0712. The van der Waals surface area contributed by atoms with Gasteiger partial charge >= 0.3 is 0 Å². The van der Waals surface area contributed by atoms with Crippen molar-refractivity contribution in [3.05, 3.63) is 65.9 Å². The molecule has 1 aromatic heterocycles. The first-order valence-electron chi connectivity index (χ1n) is 12.0. The molecule has 0 aliphatic carbocycles. The van der Waals surface area contributed by atoms with Gasteiger partial charge in [0.05, 0.1) is 5.52 Å². The minimum absolute atomic E-state index is 0.0712. The number of hydrogen-bond donors (Lipinski definition) is 1. The molecule has 0 atom stereocenters. The number of amides is 1. The van der Waals surface area contributed by atoms with Crippen molar-refractivity contribution in [2.24, 2.45) is 0 Å². The Labute approximate surface area is 191 Å². The van der Waals surface area contributed by atoms with Crippen molar-refractivity contribution in [1.82, 2.24) is 24.9 Å². The molecule has 0 unspecified atom stereocenters. The van der Waals surface area contributed by atoms with Crippen LogP contribution in [0, 0.1) is 0 Å². The van der Waals surface area contributed by atoms with E-state index in [0.29, 0.717) is 12.2 Å². The minimum atomic E-state index is -0.0712. The number of benzene rings is 2. The number of para-hydroxylation sites is 1. The average Bonchev–Trinajstić information content (AvgIpc) is 3.20. The van der Waals surface area contributed by atoms with Crippen LogP contribution in [0.25, 0.3) is 10.9 Å². The zero-order chi connectivity index (χ0) is 22.2. The maximum Gasteiger partial charge on any atom is 0.272 e. The molecule has 1 fully saturated rings. The number of piperazine rings is 1. The molecule has 6 heteroatoms. The highest BCUT2D eigenvalue weighted by Crippen LogP contribution is 2.19. The molecule has 2 heterocycles. The Morgan fingerprint density at radius 1 is 0.906 bits per heavy atom. The molecule has 0 saturated carbocycles. The number of carbonyl (C=O) groups is 1. The van der Waals surface area contributed by atoms with E-state index in [9.17, 15) is 4.79 Å². The second-order valence-corrected chi connectivity index (χ2v) is 8.66. The number of aryl methyl sites for hydroxylation is 1. The Morgan fingerprint density at radius 2 is 1.62 bits per heavy atom. The van der Waals surface area contributed by atoms with Crippen LogP contribution in [0.2, 0.25) is 0 Å². The van der Waals surface area contributed by atoms with Gasteiger partial charge in [-0.15, -0.1) is 0 Å². The van der Waals surface area contributed by atoms with Crippen LogP contribution in [0.5, 0.6) is 0 Å². The zero-order valence-electron chi connectivity index (χ0n) is 19.2. The minimum Gasteiger partial charge on any atom is -0.349 e. The second-order valence-electron chi connectivity index (χ2n) is 8.66. The highest BCUT2D eigenvalue weighted by atomic mass is 16.1. The lowest BCUT2D eigenvalue weighted by molar-refractivity contribution is 0.0930. The summed E-state index contributed by atoms with van der Waals surface area (Å²) >= 11 is 0. The lowest BCUT2D eigenvalue weighted by Gasteiger charge is -2.34. The van der Waals surface area contributed by atoms with Crippen LogP contribution in [0.1, 0.15) is 42.2 Å². The van der Waals surface area contributed by atoms with Crippen molar-refractivity contribution in [2.75, 3.05) is 39.3 Å². The van der Waals surface area contributed by atoms with Crippen LogP contribution in [0.15, 0.2) is 54.6 Å². The van der Waals surface area contributed by atoms with Gasteiger partial charge in [0.25, 0.3) is 5.91 Å². The summed E-state index contributed by atoms with van der Waals surface area (Å²) in [5, 5.41) is 8.70. The molecule has 1 amide bonds. The van der Waals surface area contributed by atoms with E-state index in [1.165, 1.54) is 18.4 Å². The Kier molecular flexibility index (Phi) is 7.91. The largest absolute Gasteiger partial charge is 0.349 e. The van der Waals surface area contributed by atoms with Crippen molar-refractivity contribution in [3.63, 3.8) is 0 Å². The van der Waals surface area contributed by atoms with Crippen LogP contribution >= 0.6 is 0 Å². The van der Waals surface area contributed by atoms with Gasteiger partial charge in [0, 0.05) is 57.7 Å². The van der Waals surface area contributed by atoms with Gasteiger partial charge < -0.3 is 5.32 Å². The van der Waals surface area contributed by atoms with Gasteiger partial charge in [-0.2, -0.15) is 5.10 Å². The van der Waals surface area contributed by atoms with E-state index in [4.69, 9.17) is 0 Å². The standard InChI is InChI=1S/C26H35N5O/c1-2-3-9-15-31-24-13-8-7-12-23(24)25(28-31)26(32)27-14-16-29-17-19-30(20-18-29)21-22-10-5-4-6-11-22/h4-8,10-13H,2-3,9,14-21H2,1H3,(H,27,32). The fourth-order valence-corrected chi connectivity index (χ4v) is 4.40. The Morgan fingerprint density at radius 3 is 2.41 bits per heavy atom. The summed E-state index contributed by atoms with van der Waals surface area (Å²) in [6, 6.07) is 18.7. The molecule has 170 valence electrons. The van der Waals surface area contributed by atoms with Crippen LogP contribution in [0.3, 0.4) is 0 Å². The van der Waals surface area contributed by atoms with Gasteiger partial charge in [-0.1, -0.05) is 68.3 Å². The maximum absolute atomic E-state index is 12.9. The number of unbranched alkanes of at least 4 members (excludes halogenated alkanes) is 2. The molecule has 2 aromatic carbocycles. The van der Waals surface area contributed by atoms with E-state index < -0.39 is 0 Å². The SMILES string of the molecule is CCCCCn1nc(C(=O)NCCN2CCN(Cc3ccccc3)CC2)c2ccccc21. The molecule has 1 N–H and O–H groups in total. The van der Waals surface area contributed by atoms with Crippen LogP contribution in [-0.4, -0.2) is 64.8 Å². The molecule has 3 aromatic rings. The molecule has 0 spiro atoms. The van der Waals surface area contributed by atoms with Crippen molar-refractivity contribution >= 4 is 16.8 Å². The molecule has 1 aliphatic heterocycles. The third-order valence-electron chi connectivity index (χ3n) is 6.27. The number of nitrogens with one attached hydrogen (secondary N) is 1. The third-order valence-corrected chi connectivity index (χ3v) is 6.27.